The van der Waals surface area contributed by atoms with Crippen molar-refractivity contribution in [2.45, 2.75) is 37.8 Å². The molecular formula is C19H22N8O. The number of aliphatic hydroxyl groups is 1. The molecule has 2 N–H and O–H groups in total. The number of nitrogens with zero attached hydrogens (tertiary/aromatic N) is 7. The number of aromatic nitrogens is 5. The molecule has 9 heteroatoms. The van der Waals surface area contributed by atoms with Gasteiger partial charge in [0, 0.05) is 25.0 Å². The molecule has 28 heavy (non-hydrogen) atoms. The van der Waals surface area contributed by atoms with E-state index in [2.05, 4.69) is 30.9 Å². The highest BCUT2D eigenvalue weighted by Crippen LogP contribution is 2.37. The highest BCUT2D eigenvalue weighted by molar-refractivity contribution is 5.73. The van der Waals surface area contributed by atoms with Crippen LogP contribution in [0.1, 0.15) is 31.7 Å². The van der Waals surface area contributed by atoms with Crippen LogP contribution >= 0.6 is 0 Å². The molecule has 2 aliphatic rings. The van der Waals surface area contributed by atoms with Crippen LogP contribution in [-0.4, -0.2) is 48.4 Å². The molecule has 4 heterocycles. The second-order valence-electron chi connectivity index (χ2n) is 7.55. The van der Waals surface area contributed by atoms with E-state index in [1.165, 1.54) is 0 Å². The van der Waals surface area contributed by atoms with Crippen LogP contribution in [-0.2, 0) is 0 Å². The first kappa shape index (κ1) is 17.0. The quantitative estimate of drug-likeness (QED) is 0.700. The molecule has 144 valence electrons. The molecule has 1 unspecified atom stereocenters. The Morgan fingerprint density at radius 1 is 1.36 bits per heavy atom. The van der Waals surface area contributed by atoms with E-state index in [1.54, 1.807) is 10.8 Å². The minimum Gasteiger partial charge on any atom is -0.394 e. The van der Waals surface area contributed by atoms with Crippen molar-refractivity contribution < 1.29 is 5.11 Å². The van der Waals surface area contributed by atoms with E-state index in [0.717, 1.165) is 37.7 Å². The summed E-state index contributed by atoms with van der Waals surface area (Å²) in [6, 6.07) is 6.61. The van der Waals surface area contributed by atoms with E-state index in [1.807, 2.05) is 24.5 Å². The summed E-state index contributed by atoms with van der Waals surface area (Å²) in [5.74, 6) is 2.17. The average Bonchev–Trinajstić information content (AvgIpc) is 3.41. The van der Waals surface area contributed by atoms with Crippen molar-refractivity contribution in [2.24, 2.45) is 5.92 Å². The van der Waals surface area contributed by atoms with Gasteiger partial charge in [0.1, 0.15) is 11.3 Å². The molecule has 0 radical (unpaired) electrons. The maximum atomic E-state index is 9.64. The van der Waals surface area contributed by atoms with E-state index in [9.17, 15) is 5.11 Å². The van der Waals surface area contributed by atoms with Gasteiger partial charge in [0.05, 0.1) is 31.0 Å². The van der Waals surface area contributed by atoms with E-state index < -0.39 is 0 Å². The summed E-state index contributed by atoms with van der Waals surface area (Å²) in [6.07, 6.45) is 9.39. The lowest BCUT2D eigenvalue weighted by Crippen LogP contribution is -2.34. The summed E-state index contributed by atoms with van der Waals surface area (Å²) in [6.45, 7) is 0.944. The van der Waals surface area contributed by atoms with E-state index in [-0.39, 0.29) is 18.6 Å². The first-order valence-corrected chi connectivity index (χ1v) is 9.68. The number of imidazole rings is 1. The molecule has 1 aliphatic carbocycles. The second kappa shape index (κ2) is 6.80. The Morgan fingerprint density at radius 3 is 3.07 bits per heavy atom. The molecule has 1 atom stereocenters. The van der Waals surface area contributed by atoms with Gasteiger partial charge >= 0.3 is 0 Å². The van der Waals surface area contributed by atoms with Crippen molar-refractivity contribution in [3.63, 3.8) is 0 Å². The van der Waals surface area contributed by atoms with Gasteiger partial charge in [0.25, 0.3) is 0 Å². The van der Waals surface area contributed by atoms with Crippen LogP contribution in [0, 0.1) is 17.2 Å². The molecule has 2 fully saturated rings. The molecule has 0 amide bonds. The van der Waals surface area contributed by atoms with Gasteiger partial charge in [-0.3, -0.25) is 0 Å². The zero-order valence-corrected chi connectivity index (χ0v) is 15.4. The summed E-state index contributed by atoms with van der Waals surface area (Å²) in [7, 11) is 0. The van der Waals surface area contributed by atoms with Crippen molar-refractivity contribution in [3.8, 4) is 6.07 Å². The van der Waals surface area contributed by atoms with E-state index >= 15 is 0 Å². The third-order valence-corrected chi connectivity index (χ3v) is 5.79. The van der Waals surface area contributed by atoms with Crippen LogP contribution in [0.4, 0.5) is 17.6 Å². The molecular weight excluding hydrogens is 356 g/mol. The third-order valence-electron chi connectivity index (χ3n) is 5.79. The first-order chi connectivity index (χ1) is 13.7. The van der Waals surface area contributed by atoms with Gasteiger partial charge in [0.2, 0.25) is 5.95 Å². The zero-order valence-electron chi connectivity index (χ0n) is 15.4. The number of rotatable bonds is 5. The number of nitriles is 1. The first-order valence-electron chi connectivity index (χ1n) is 9.68. The Balaban J connectivity index is 1.42. The van der Waals surface area contributed by atoms with Crippen LogP contribution in [0.5, 0.6) is 0 Å². The predicted molar refractivity (Wildman–Crippen MR) is 103 cm³/mol. The summed E-state index contributed by atoms with van der Waals surface area (Å²) in [5, 5.41) is 26.5. The highest BCUT2D eigenvalue weighted by Gasteiger charge is 2.30. The summed E-state index contributed by atoms with van der Waals surface area (Å²) >= 11 is 0. The van der Waals surface area contributed by atoms with Crippen molar-refractivity contribution in [1.82, 2.24) is 24.1 Å². The monoisotopic (exact) mass is 378 g/mol. The molecule has 0 bridgehead atoms. The second-order valence-corrected chi connectivity index (χ2v) is 7.55. The molecule has 5 rings (SSSR count). The van der Waals surface area contributed by atoms with Gasteiger partial charge in [-0.15, -0.1) is 5.10 Å². The topological polar surface area (TPSA) is 107 Å². The molecule has 1 aliphatic heterocycles. The Hall–Kier alpha value is -3.12. The minimum absolute atomic E-state index is 0.0618. The van der Waals surface area contributed by atoms with Crippen molar-refractivity contribution in [1.29, 1.82) is 5.26 Å². The predicted octanol–water partition coefficient (Wildman–Crippen LogP) is 2.11. The van der Waals surface area contributed by atoms with Gasteiger partial charge in [-0.05, 0) is 37.8 Å². The smallest absolute Gasteiger partial charge is 0.245 e. The Labute approximate surface area is 162 Å². The zero-order chi connectivity index (χ0) is 19.1. The van der Waals surface area contributed by atoms with Crippen LogP contribution in [0.15, 0.2) is 30.9 Å². The Morgan fingerprint density at radius 2 is 2.25 bits per heavy atom. The molecule has 1 saturated heterocycles. The average molecular weight is 378 g/mol. The van der Waals surface area contributed by atoms with Crippen LogP contribution in [0.2, 0.25) is 0 Å². The van der Waals surface area contributed by atoms with Gasteiger partial charge < -0.3 is 19.9 Å². The minimum atomic E-state index is 0.0618. The summed E-state index contributed by atoms with van der Waals surface area (Å²) in [4.78, 5) is 11.3. The number of fused-ring (bicyclic) bond motifs is 1. The van der Waals surface area contributed by atoms with Crippen molar-refractivity contribution >= 4 is 23.1 Å². The maximum Gasteiger partial charge on any atom is 0.245 e. The fraction of sp³-hybridized carbons (Fsp3) is 0.474. The van der Waals surface area contributed by atoms with Gasteiger partial charge in [-0.1, -0.05) is 0 Å². The SMILES string of the molecule is N#CC1CC(n2cnc(Nc3nc(N4CCCC4CO)nn4cccc34)c2)C1. The number of anilines is 3. The van der Waals surface area contributed by atoms with E-state index in [4.69, 9.17) is 10.2 Å². The number of hydrogen-bond donors (Lipinski definition) is 2. The van der Waals surface area contributed by atoms with Crippen LogP contribution in [0.25, 0.3) is 5.52 Å². The lowest BCUT2D eigenvalue weighted by atomic mass is 9.81. The summed E-state index contributed by atoms with van der Waals surface area (Å²) < 4.78 is 3.87. The highest BCUT2D eigenvalue weighted by atomic mass is 16.3. The Bertz CT molecular complexity index is 1030. The van der Waals surface area contributed by atoms with Crippen molar-refractivity contribution in [2.75, 3.05) is 23.4 Å². The standard InChI is InChI=1S/C19H22N8O/c20-9-13-7-15(8-13)25-10-17(21-12-25)22-18-16-4-2-6-27(16)24-19(23-18)26-5-1-3-14(26)11-28/h2,4,6,10,12-15,28H,1,3,5,7-8,11H2,(H,22,23,24). The van der Waals surface area contributed by atoms with Gasteiger partial charge in [-0.2, -0.15) is 10.2 Å². The van der Waals surface area contributed by atoms with Crippen LogP contribution in [0.3, 0.4) is 0 Å². The number of aliphatic hydroxyl groups excluding tert-OH is 1. The molecule has 0 spiro atoms. The Kier molecular flexibility index (Phi) is 4.13. The largest absolute Gasteiger partial charge is 0.394 e. The van der Waals surface area contributed by atoms with E-state index in [0.29, 0.717) is 23.6 Å². The van der Waals surface area contributed by atoms with Gasteiger partial charge in [-0.25, -0.2) is 9.50 Å². The normalized spacial score (nSPS) is 24.3. The molecule has 3 aromatic rings. The number of hydrogen-bond acceptors (Lipinski definition) is 7. The lowest BCUT2D eigenvalue weighted by molar-refractivity contribution is 0.248. The third kappa shape index (κ3) is 2.86. The van der Waals surface area contributed by atoms with Gasteiger partial charge in [0.15, 0.2) is 5.82 Å². The molecule has 3 aromatic heterocycles. The molecule has 9 nitrogen and oxygen atoms in total. The lowest BCUT2D eigenvalue weighted by Gasteiger charge is -2.31. The molecule has 0 aromatic carbocycles. The van der Waals surface area contributed by atoms with Crippen molar-refractivity contribution in [3.05, 3.63) is 30.9 Å². The number of nitrogens with one attached hydrogen (secondary N) is 1. The molecule has 1 saturated carbocycles. The fourth-order valence-electron chi connectivity index (χ4n) is 4.08. The summed E-state index contributed by atoms with van der Waals surface area (Å²) in [5.41, 5.74) is 0.867. The van der Waals surface area contributed by atoms with Crippen LogP contribution < -0.4 is 10.2 Å². The maximum absolute atomic E-state index is 9.64. The fourth-order valence-corrected chi connectivity index (χ4v) is 4.08.